The molecule has 4 heteroatoms. The standard InChI is InChI=1S/C7H8N2S.ClH/c8-2-3-9-5-7-1-4-10-6-7;/h1,4,6,9H,3,5H2;1H. The first-order chi connectivity index (χ1) is 4.93. The van der Waals surface area contributed by atoms with Gasteiger partial charge in [-0.25, -0.2) is 0 Å². The molecule has 1 N–H and O–H groups in total. The van der Waals surface area contributed by atoms with Gasteiger partial charge in [-0.05, 0) is 22.4 Å². The maximum atomic E-state index is 8.18. The van der Waals surface area contributed by atoms with Crippen molar-refractivity contribution in [3.8, 4) is 6.07 Å². The first-order valence-electron chi connectivity index (χ1n) is 3.02. The van der Waals surface area contributed by atoms with E-state index in [1.807, 2.05) is 11.4 Å². The predicted octanol–water partition coefficient (Wildman–Crippen LogP) is 1.78. The van der Waals surface area contributed by atoms with Crippen molar-refractivity contribution >= 4 is 23.7 Å². The first-order valence-corrected chi connectivity index (χ1v) is 3.96. The second-order valence-corrected chi connectivity index (χ2v) is 2.67. The van der Waals surface area contributed by atoms with E-state index < -0.39 is 0 Å². The van der Waals surface area contributed by atoms with Gasteiger partial charge in [-0.3, -0.25) is 0 Å². The zero-order valence-electron chi connectivity index (χ0n) is 5.91. The van der Waals surface area contributed by atoms with Gasteiger partial charge in [0.25, 0.3) is 0 Å². The van der Waals surface area contributed by atoms with E-state index in [0.29, 0.717) is 6.54 Å². The van der Waals surface area contributed by atoms with Crippen LogP contribution in [0.4, 0.5) is 0 Å². The molecule has 2 nitrogen and oxygen atoms in total. The van der Waals surface area contributed by atoms with Gasteiger partial charge in [-0.1, -0.05) is 0 Å². The van der Waals surface area contributed by atoms with E-state index in [9.17, 15) is 0 Å². The Morgan fingerprint density at radius 1 is 1.64 bits per heavy atom. The Balaban J connectivity index is 0.000001000. The van der Waals surface area contributed by atoms with E-state index in [4.69, 9.17) is 5.26 Å². The molecule has 1 aromatic heterocycles. The molecule has 0 aliphatic carbocycles. The molecule has 0 spiro atoms. The molecular formula is C7H9ClN2S. The van der Waals surface area contributed by atoms with Gasteiger partial charge in [0, 0.05) is 6.54 Å². The number of nitrogens with zero attached hydrogens (tertiary/aromatic N) is 1. The Bertz CT molecular complexity index is 215. The Morgan fingerprint density at radius 2 is 2.45 bits per heavy atom. The molecule has 0 radical (unpaired) electrons. The highest BCUT2D eigenvalue weighted by atomic mass is 35.5. The van der Waals surface area contributed by atoms with Gasteiger partial charge in [0.05, 0.1) is 12.6 Å². The highest BCUT2D eigenvalue weighted by Crippen LogP contribution is 2.04. The summed E-state index contributed by atoms with van der Waals surface area (Å²) in [6.45, 7) is 1.23. The summed E-state index contributed by atoms with van der Waals surface area (Å²) in [6, 6.07) is 4.07. The lowest BCUT2D eigenvalue weighted by molar-refractivity contribution is 0.768. The van der Waals surface area contributed by atoms with Crippen LogP contribution in [0.25, 0.3) is 0 Å². The van der Waals surface area contributed by atoms with Crippen molar-refractivity contribution in [2.45, 2.75) is 6.54 Å². The number of nitrogens with one attached hydrogen (secondary N) is 1. The average molecular weight is 189 g/mol. The van der Waals surface area contributed by atoms with Crippen molar-refractivity contribution in [1.82, 2.24) is 5.32 Å². The van der Waals surface area contributed by atoms with E-state index in [2.05, 4.69) is 16.8 Å². The van der Waals surface area contributed by atoms with Crippen molar-refractivity contribution in [2.24, 2.45) is 0 Å². The fourth-order valence-electron chi connectivity index (χ4n) is 0.656. The molecule has 60 valence electrons. The van der Waals surface area contributed by atoms with E-state index >= 15 is 0 Å². The molecule has 0 bridgehead atoms. The van der Waals surface area contributed by atoms with Crippen LogP contribution in [0.1, 0.15) is 5.56 Å². The number of halogens is 1. The van der Waals surface area contributed by atoms with Crippen molar-refractivity contribution in [3.05, 3.63) is 22.4 Å². The van der Waals surface area contributed by atoms with Crippen molar-refractivity contribution in [3.63, 3.8) is 0 Å². The smallest absolute Gasteiger partial charge is 0.0843 e. The summed E-state index contributed by atoms with van der Waals surface area (Å²) >= 11 is 1.67. The van der Waals surface area contributed by atoms with Crippen LogP contribution in [0.2, 0.25) is 0 Å². The van der Waals surface area contributed by atoms with E-state index in [1.54, 1.807) is 11.3 Å². The Hall–Kier alpha value is -0.560. The van der Waals surface area contributed by atoms with Crippen LogP contribution in [-0.2, 0) is 6.54 Å². The Labute approximate surface area is 76.3 Å². The number of nitriles is 1. The largest absolute Gasteiger partial charge is 0.300 e. The minimum absolute atomic E-state index is 0. The van der Waals surface area contributed by atoms with Gasteiger partial charge in [0.2, 0.25) is 0 Å². The van der Waals surface area contributed by atoms with Gasteiger partial charge in [-0.2, -0.15) is 16.6 Å². The van der Waals surface area contributed by atoms with Crippen molar-refractivity contribution < 1.29 is 0 Å². The van der Waals surface area contributed by atoms with Crippen LogP contribution in [0.3, 0.4) is 0 Å². The summed E-state index contributed by atoms with van der Waals surface area (Å²) in [4.78, 5) is 0. The second kappa shape index (κ2) is 6.17. The zero-order valence-corrected chi connectivity index (χ0v) is 7.54. The molecule has 0 unspecified atom stereocenters. The van der Waals surface area contributed by atoms with Gasteiger partial charge in [0.15, 0.2) is 0 Å². The topological polar surface area (TPSA) is 35.8 Å². The molecule has 1 aromatic rings. The summed E-state index contributed by atoms with van der Waals surface area (Å²) in [7, 11) is 0. The van der Waals surface area contributed by atoms with E-state index in [1.165, 1.54) is 5.56 Å². The minimum Gasteiger partial charge on any atom is -0.300 e. The lowest BCUT2D eigenvalue weighted by atomic mass is 10.3. The molecule has 0 amide bonds. The number of rotatable bonds is 3. The van der Waals surface area contributed by atoms with Crippen LogP contribution in [0, 0.1) is 11.3 Å². The summed E-state index contributed by atoms with van der Waals surface area (Å²) in [6.07, 6.45) is 0. The minimum atomic E-state index is 0. The molecule has 0 saturated heterocycles. The maximum absolute atomic E-state index is 8.18. The third-order valence-corrected chi connectivity index (χ3v) is 1.85. The quantitative estimate of drug-likeness (QED) is 0.580. The lowest BCUT2D eigenvalue weighted by Gasteiger charge is -1.93. The normalized spacial score (nSPS) is 8.27. The van der Waals surface area contributed by atoms with Crippen molar-refractivity contribution in [2.75, 3.05) is 6.54 Å². The molecule has 0 aliphatic heterocycles. The maximum Gasteiger partial charge on any atom is 0.0843 e. The third kappa shape index (κ3) is 3.99. The predicted molar refractivity (Wildman–Crippen MR) is 48.9 cm³/mol. The molecular weight excluding hydrogens is 180 g/mol. The summed E-state index contributed by atoms with van der Waals surface area (Å²) in [5.41, 5.74) is 1.25. The molecule has 11 heavy (non-hydrogen) atoms. The zero-order chi connectivity index (χ0) is 7.23. The SMILES string of the molecule is Cl.N#CCNCc1ccsc1. The fourth-order valence-corrected chi connectivity index (χ4v) is 1.32. The molecule has 1 rings (SSSR count). The molecule has 0 aliphatic rings. The number of thiophene rings is 1. The van der Waals surface area contributed by atoms with Crippen LogP contribution in [-0.4, -0.2) is 6.54 Å². The van der Waals surface area contributed by atoms with Crippen LogP contribution >= 0.6 is 23.7 Å². The monoisotopic (exact) mass is 188 g/mol. The molecule has 1 heterocycles. The van der Waals surface area contributed by atoms with Crippen molar-refractivity contribution in [1.29, 1.82) is 5.26 Å². The van der Waals surface area contributed by atoms with Gasteiger partial charge in [0.1, 0.15) is 0 Å². The van der Waals surface area contributed by atoms with Gasteiger partial charge >= 0.3 is 0 Å². The average Bonchev–Trinajstić information content (AvgIpc) is 2.41. The Kier molecular flexibility index (Phi) is 5.86. The van der Waals surface area contributed by atoms with Crippen LogP contribution < -0.4 is 5.32 Å². The molecule has 0 saturated carbocycles. The lowest BCUT2D eigenvalue weighted by Crippen LogP contribution is -2.12. The fraction of sp³-hybridized carbons (Fsp3) is 0.286. The third-order valence-electron chi connectivity index (χ3n) is 1.11. The molecule has 0 aromatic carbocycles. The summed E-state index contributed by atoms with van der Waals surface area (Å²) in [5.74, 6) is 0. The highest BCUT2D eigenvalue weighted by molar-refractivity contribution is 7.07. The molecule has 0 atom stereocenters. The summed E-state index contributed by atoms with van der Waals surface area (Å²) in [5, 5.41) is 15.3. The number of hydrogen-bond donors (Lipinski definition) is 1. The second-order valence-electron chi connectivity index (χ2n) is 1.89. The van der Waals surface area contributed by atoms with E-state index in [-0.39, 0.29) is 12.4 Å². The molecule has 0 fully saturated rings. The van der Waals surface area contributed by atoms with Crippen LogP contribution in [0.5, 0.6) is 0 Å². The first kappa shape index (κ1) is 10.4. The van der Waals surface area contributed by atoms with E-state index in [0.717, 1.165) is 6.54 Å². The van der Waals surface area contributed by atoms with Crippen LogP contribution in [0.15, 0.2) is 16.8 Å². The summed E-state index contributed by atoms with van der Waals surface area (Å²) < 4.78 is 0. The highest BCUT2D eigenvalue weighted by Gasteiger charge is 1.89. The number of hydrogen-bond acceptors (Lipinski definition) is 3. The van der Waals surface area contributed by atoms with Gasteiger partial charge in [-0.15, -0.1) is 12.4 Å². The van der Waals surface area contributed by atoms with Gasteiger partial charge < -0.3 is 5.32 Å². The Morgan fingerprint density at radius 3 is 3.00 bits per heavy atom.